The standard InChI is InChI=1S/C75H77N4O.Pt/c1-70(2,3)53-37-38-76-69(44-53)79-65-34-26-25-33-61(65)62-36-35-59(46-66(62)79)80-60-43-56(75(14,15)52-31-23-18-24-32-52)42-58(45-60)78-49-77(67-47-63(71(4,5)6)64(48-68(67)78)72(7,8)9)57-40-54(73(10,11)50-27-19-16-20-28-50)39-55(41-57)74(12,13)51-29-21-17-22-30-51;/h16-44,47-49H,1-15H3;/q-3;. The average Bonchev–Trinajstić information content (AvgIpc) is 4.00. The Balaban J connectivity index is 0.00000736. The van der Waals surface area contributed by atoms with E-state index in [-0.39, 0.29) is 48.1 Å². The summed E-state index contributed by atoms with van der Waals surface area (Å²) >= 11 is 0. The summed E-state index contributed by atoms with van der Waals surface area (Å²) in [6.45, 7) is 37.1. The van der Waals surface area contributed by atoms with Gasteiger partial charge in [-0.15, -0.1) is 53.6 Å². The first-order valence-electron chi connectivity index (χ1n) is 28.4. The Kier molecular flexibility index (Phi) is 14.8. The third-order valence-electron chi connectivity index (χ3n) is 17.0. The topological polar surface area (TPSA) is 33.5 Å². The molecule has 11 rings (SSSR count). The van der Waals surface area contributed by atoms with Gasteiger partial charge in [-0.05, 0) is 114 Å². The predicted molar refractivity (Wildman–Crippen MR) is 336 cm³/mol. The van der Waals surface area contributed by atoms with E-state index in [0.29, 0.717) is 11.5 Å². The molecule has 81 heavy (non-hydrogen) atoms. The Hall–Kier alpha value is -7.20. The molecule has 10 aromatic rings. The van der Waals surface area contributed by atoms with Crippen LogP contribution in [0.5, 0.6) is 11.5 Å². The van der Waals surface area contributed by atoms with Gasteiger partial charge in [-0.3, -0.25) is 0 Å². The van der Waals surface area contributed by atoms with E-state index in [0.717, 1.165) is 55.9 Å². The van der Waals surface area contributed by atoms with Crippen molar-refractivity contribution in [2.45, 2.75) is 136 Å². The number of anilines is 4. The first-order valence-corrected chi connectivity index (χ1v) is 28.4. The molecule has 6 heteroatoms. The van der Waals surface area contributed by atoms with E-state index in [1.54, 1.807) is 0 Å². The Morgan fingerprint density at radius 2 is 0.901 bits per heavy atom. The van der Waals surface area contributed by atoms with E-state index in [4.69, 9.17) is 9.72 Å². The van der Waals surface area contributed by atoms with Crippen LogP contribution in [0.15, 0.2) is 188 Å². The van der Waals surface area contributed by atoms with E-state index in [1.807, 2.05) is 12.3 Å². The monoisotopic (exact) mass is 1240 g/mol. The second-order valence-corrected chi connectivity index (χ2v) is 26.8. The fourth-order valence-electron chi connectivity index (χ4n) is 11.7. The number of fused-ring (bicyclic) bond motifs is 4. The van der Waals surface area contributed by atoms with Gasteiger partial charge in [0.2, 0.25) is 0 Å². The molecule has 0 amide bonds. The van der Waals surface area contributed by atoms with E-state index in [1.165, 1.54) is 44.5 Å². The van der Waals surface area contributed by atoms with Crippen LogP contribution >= 0.6 is 0 Å². The van der Waals surface area contributed by atoms with Crippen molar-refractivity contribution in [1.29, 1.82) is 0 Å². The number of para-hydroxylation sites is 1. The molecule has 0 saturated heterocycles. The molecule has 0 N–H and O–H groups in total. The Bertz CT molecular complexity index is 3860. The van der Waals surface area contributed by atoms with Crippen molar-refractivity contribution < 1.29 is 25.8 Å². The molecule has 0 spiro atoms. The molecule has 8 aromatic carbocycles. The number of hydrogen-bond acceptors (Lipinski definition) is 4. The molecule has 416 valence electrons. The van der Waals surface area contributed by atoms with E-state index >= 15 is 0 Å². The van der Waals surface area contributed by atoms with Crippen LogP contribution in [-0.4, -0.2) is 9.55 Å². The SMILES string of the molecule is CC(C)(C)c1ccnc(-n2c3[c-]c(Oc4[c-]c(N5[CH-]N(c6cc(C(C)(C)c7ccccc7)cc(C(C)(C)c7ccccc7)c6)c6cc(C(C)(C)C)c(C(C)(C)C)cc65)cc(C(C)(C)c5ccccc5)c4)ccc3c3ccccc32)c1.[Pt]. The minimum absolute atomic E-state index is 0. The fourth-order valence-corrected chi connectivity index (χ4v) is 11.7. The second-order valence-electron chi connectivity index (χ2n) is 26.8. The molecule has 0 radical (unpaired) electrons. The molecule has 5 nitrogen and oxygen atoms in total. The zero-order chi connectivity index (χ0) is 56.7. The summed E-state index contributed by atoms with van der Waals surface area (Å²) in [5, 5.41) is 2.22. The molecule has 0 bridgehead atoms. The van der Waals surface area contributed by atoms with Crippen molar-refractivity contribution in [2.24, 2.45) is 0 Å². The maximum absolute atomic E-state index is 7.16. The first-order chi connectivity index (χ1) is 37.8. The van der Waals surface area contributed by atoms with Crippen LogP contribution in [0.2, 0.25) is 0 Å². The number of nitrogens with zero attached hydrogens (tertiary/aromatic N) is 4. The first kappa shape index (κ1) is 57.0. The summed E-state index contributed by atoms with van der Waals surface area (Å²) in [7, 11) is 0. The summed E-state index contributed by atoms with van der Waals surface area (Å²) in [6.07, 6.45) is 1.92. The van der Waals surface area contributed by atoms with Crippen molar-refractivity contribution >= 4 is 44.6 Å². The molecule has 2 aromatic heterocycles. The second kappa shape index (κ2) is 21.0. The van der Waals surface area contributed by atoms with Gasteiger partial charge in [0.25, 0.3) is 0 Å². The van der Waals surface area contributed by atoms with E-state index in [2.05, 4.69) is 313 Å². The summed E-state index contributed by atoms with van der Waals surface area (Å²) < 4.78 is 9.38. The van der Waals surface area contributed by atoms with Gasteiger partial charge in [0.15, 0.2) is 0 Å². The van der Waals surface area contributed by atoms with Crippen LogP contribution in [0.1, 0.15) is 154 Å². The zero-order valence-corrected chi connectivity index (χ0v) is 52.3. The normalized spacial score (nSPS) is 13.4. The number of rotatable bonds is 11. The van der Waals surface area contributed by atoms with Gasteiger partial charge in [-0.25, -0.2) is 4.98 Å². The van der Waals surface area contributed by atoms with Crippen molar-refractivity contribution in [3.05, 3.63) is 257 Å². The van der Waals surface area contributed by atoms with Crippen molar-refractivity contribution in [3.8, 4) is 17.3 Å². The Labute approximate surface area is 497 Å². The van der Waals surface area contributed by atoms with Gasteiger partial charge >= 0.3 is 0 Å². The van der Waals surface area contributed by atoms with E-state index < -0.39 is 5.41 Å². The molecule has 0 saturated carbocycles. The smallest absolute Gasteiger partial charge is 0.135 e. The third-order valence-corrected chi connectivity index (χ3v) is 17.0. The maximum atomic E-state index is 7.16. The quantitative estimate of drug-likeness (QED) is 0.121. The molecule has 1 aliphatic rings. The van der Waals surface area contributed by atoms with Crippen LogP contribution < -0.4 is 14.5 Å². The van der Waals surface area contributed by atoms with Gasteiger partial charge in [0, 0.05) is 72.2 Å². The van der Waals surface area contributed by atoms with Crippen LogP contribution in [0.25, 0.3) is 27.6 Å². The summed E-state index contributed by atoms with van der Waals surface area (Å²) in [4.78, 5) is 9.74. The summed E-state index contributed by atoms with van der Waals surface area (Å²) in [5.41, 5.74) is 15.9. The molecular formula is C75H77N4OPt-3. The summed E-state index contributed by atoms with van der Waals surface area (Å²) in [5.74, 6) is 2.04. The number of hydrogen-bond donors (Lipinski definition) is 0. The molecule has 0 aliphatic carbocycles. The Morgan fingerprint density at radius 3 is 1.42 bits per heavy atom. The largest absolute Gasteiger partial charge is 0.509 e. The maximum Gasteiger partial charge on any atom is 0.135 e. The van der Waals surface area contributed by atoms with Crippen LogP contribution in [0.3, 0.4) is 0 Å². The van der Waals surface area contributed by atoms with Crippen LogP contribution in [0, 0.1) is 18.8 Å². The van der Waals surface area contributed by atoms with Crippen LogP contribution in [-0.2, 0) is 53.6 Å². The zero-order valence-electron chi connectivity index (χ0n) is 50.0. The molecule has 1 aliphatic heterocycles. The van der Waals surface area contributed by atoms with Crippen molar-refractivity contribution in [1.82, 2.24) is 9.55 Å². The van der Waals surface area contributed by atoms with Crippen molar-refractivity contribution in [2.75, 3.05) is 9.80 Å². The van der Waals surface area contributed by atoms with Gasteiger partial charge in [-0.1, -0.05) is 225 Å². The van der Waals surface area contributed by atoms with Crippen LogP contribution in [0.4, 0.5) is 22.7 Å². The van der Waals surface area contributed by atoms with Crippen molar-refractivity contribution in [3.63, 3.8) is 0 Å². The molecule has 3 heterocycles. The fraction of sp³-hybridized carbons (Fsp3) is 0.280. The number of ether oxygens (including phenoxy) is 1. The van der Waals surface area contributed by atoms with Gasteiger partial charge in [-0.2, -0.15) is 6.07 Å². The molecule has 0 unspecified atom stereocenters. The molecule has 0 atom stereocenters. The average molecular weight is 1250 g/mol. The molecule has 0 fully saturated rings. The number of pyridine rings is 1. The summed E-state index contributed by atoms with van der Waals surface area (Å²) in [6, 6.07) is 74.1. The predicted octanol–water partition coefficient (Wildman–Crippen LogP) is 19.8. The van der Waals surface area contributed by atoms with Gasteiger partial charge in [0.1, 0.15) is 5.82 Å². The van der Waals surface area contributed by atoms with Gasteiger partial charge in [0.05, 0.1) is 0 Å². The Morgan fingerprint density at radius 1 is 0.407 bits per heavy atom. The minimum atomic E-state index is -0.419. The molecular weight excluding hydrogens is 1170 g/mol. The number of benzene rings is 8. The third kappa shape index (κ3) is 10.7. The minimum Gasteiger partial charge on any atom is -0.509 e. The van der Waals surface area contributed by atoms with Gasteiger partial charge < -0.3 is 19.1 Å². The van der Waals surface area contributed by atoms with E-state index in [9.17, 15) is 0 Å². The number of aromatic nitrogens is 2.